The second kappa shape index (κ2) is 15.4. The average molecular weight is 427 g/mol. The van der Waals surface area contributed by atoms with Gasteiger partial charge in [-0.3, -0.25) is 9.59 Å². The van der Waals surface area contributed by atoms with Crippen LogP contribution in [-0.2, 0) is 25.7 Å². The molecule has 0 saturated heterocycles. The molecule has 31 heavy (non-hydrogen) atoms. The number of hydrogen-bond acceptors (Lipinski definition) is 4. The zero-order chi connectivity index (χ0) is 22.2. The van der Waals surface area contributed by atoms with Crippen molar-refractivity contribution in [2.24, 2.45) is 0 Å². The first-order valence-corrected chi connectivity index (χ1v) is 12.0. The Morgan fingerprint density at radius 2 is 1.26 bits per heavy atom. The fourth-order valence-electron chi connectivity index (χ4n) is 3.62. The van der Waals surface area contributed by atoms with Gasteiger partial charge in [-0.2, -0.15) is 0 Å². The molecule has 2 aromatic carbocycles. The molecule has 0 amide bonds. The Bertz CT molecular complexity index is 784. The normalized spacial score (nSPS) is 10.9. The highest BCUT2D eigenvalue weighted by atomic mass is 16.5. The third-order valence-corrected chi connectivity index (χ3v) is 5.51. The lowest BCUT2D eigenvalue weighted by Gasteiger charge is -2.07. The zero-order valence-corrected chi connectivity index (χ0v) is 19.1. The van der Waals surface area contributed by atoms with Gasteiger partial charge in [-0.15, -0.1) is 0 Å². The summed E-state index contributed by atoms with van der Waals surface area (Å²) in [5.41, 5.74) is 0.940. The van der Waals surface area contributed by atoms with E-state index in [0.717, 1.165) is 29.2 Å². The fraction of sp³-hybridized carbons (Fsp3) is 0.556. The van der Waals surface area contributed by atoms with Crippen LogP contribution in [0, 0.1) is 0 Å². The average Bonchev–Trinajstić information content (AvgIpc) is 2.79. The largest absolute Gasteiger partial charge is 0.466 e. The van der Waals surface area contributed by atoms with E-state index in [2.05, 4.69) is 6.92 Å². The minimum absolute atomic E-state index is 0.0600. The number of carbonyl (C=O) groups excluding carboxylic acids is 2. The molecule has 0 bridgehead atoms. The van der Waals surface area contributed by atoms with Crippen LogP contribution in [0.5, 0.6) is 0 Å². The molecule has 2 rings (SSSR count). The van der Waals surface area contributed by atoms with Gasteiger partial charge >= 0.3 is 11.9 Å². The summed E-state index contributed by atoms with van der Waals surface area (Å²) < 4.78 is 10.5. The lowest BCUT2D eigenvalue weighted by atomic mass is 10.1. The first-order valence-electron chi connectivity index (χ1n) is 12.0. The molecule has 2 aromatic rings. The number of fused-ring (bicyclic) bond motifs is 1. The van der Waals surface area contributed by atoms with E-state index in [-0.39, 0.29) is 31.4 Å². The zero-order valence-electron chi connectivity index (χ0n) is 19.1. The molecular formula is C27H38O4. The highest BCUT2D eigenvalue weighted by Crippen LogP contribution is 2.16. The summed E-state index contributed by atoms with van der Waals surface area (Å²) in [5.74, 6) is -0.692. The molecule has 0 aliphatic heterocycles. The van der Waals surface area contributed by atoms with Gasteiger partial charge in [0.15, 0.2) is 0 Å². The summed E-state index contributed by atoms with van der Waals surface area (Å²) in [4.78, 5) is 23.7. The van der Waals surface area contributed by atoms with E-state index >= 15 is 0 Å². The van der Waals surface area contributed by atoms with Crippen LogP contribution in [0.4, 0.5) is 0 Å². The Kier molecular flexibility index (Phi) is 12.4. The van der Waals surface area contributed by atoms with E-state index in [9.17, 15) is 9.59 Å². The molecule has 4 heteroatoms. The van der Waals surface area contributed by atoms with E-state index in [1.807, 2.05) is 42.5 Å². The van der Waals surface area contributed by atoms with Crippen LogP contribution in [0.3, 0.4) is 0 Å². The Labute approximate surface area is 187 Å². The molecule has 0 N–H and O–H groups in total. The van der Waals surface area contributed by atoms with E-state index in [1.54, 1.807) is 0 Å². The monoisotopic (exact) mass is 426 g/mol. The Morgan fingerprint density at radius 3 is 1.94 bits per heavy atom. The summed E-state index contributed by atoms with van der Waals surface area (Å²) in [7, 11) is 0. The number of hydrogen-bond donors (Lipinski definition) is 0. The third-order valence-electron chi connectivity index (χ3n) is 5.51. The highest BCUT2D eigenvalue weighted by molar-refractivity contribution is 5.83. The molecule has 170 valence electrons. The summed E-state index contributed by atoms with van der Waals surface area (Å²) in [6.45, 7) is 2.91. The molecule has 0 fully saturated rings. The summed E-state index contributed by atoms with van der Waals surface area (Å²) in [6.07, 6.45) is 12.6. The van der Waals surface area contributed by atoms with Gasteiger partial charge in [-0.05, 0) is 28.8 Å². The second-order valence-electron chi connectivity index (χ2n) is 8.24. The van der Waals surface area contributed by atoms with E-state index in [1.165, 1.54) is 51.4 Å². The first kappa shape index (κ1) is 24.9. The minimum Gasteiger partial charge on any atom is -0.466 e. The van der Waals surface area contributed by atoms with Gasteiger partial charge in [0, 0.05) is 0 Å². The molecule has 0 radical (unpaired) electrons. The quantitative estimate of drug-likeness (QED) is 0.212. The van der Waals surface area contributed by atoms with Crippen molar-refractivity contribution in [2.45, 2.75) is 90.6 Å². The number of benzene rings is 2. The third kappa shape index (κ3) is 11.0. The molecule has 0 aliphatic carbocycles. The lowest BCUT2D eigenvalue weighted by molar-refractivity contribution is -0.151. The highest BCUT2D eigenvalue weighted by Gasteiger charge is 2.09. The van der Waals surface area contributed by atoms with Gasteiger partial charge in [-0.25, -0.2) is 0 Å². The van der Waals surface area contributed by atoms with Gasteiger partial charge in [0.25, 0.3) is 0 Å². The van der Waals surface area contributed by atoms with Gasteiger partial charge in [0.2, 0.25) is 0 Å². The summed E-state index contributed by atoms with van der Waals surface area (Å²) in [5, 5.41) is 2.27. The van der Waals surface area contributed by atoms with E-state index in [0.29, 0.717) is 6.61 Å². The lowest BCUT2D eigenvalue weighted by Crippen LogP contribution is -2.11. The van der Waals surface area contributed by atoms with Crippen molar-refractivity contribution < 1.29 is 19.1 Å². The van der Waals surface area contributed by atoms with Gasteiger partial charge < -0.3 is 9.47 Å². The summed E-state index contributed by atoms with van der Waals surface area (Å²) in [6, 6.07) is 14.1. The molecule has 0 aliphatic rings. The van der Waals surface area contributed by atoms with Crippen molar-refractivity contribution in [3.8, 4) is 0 Å². The van der Waals surface area contributed by atoms with Crippen LogP contribution in [0.2, 0.25) is 0 Å². The Balaban J connectivity index is 1.46. The Morgan fingerprint density at radius 1 is 0.677 bits per heavy atom. The number of rotatable bonds is 16. The minimum atomic E-state index is -0.371. The second-order valence-corrected chi connectivity index (χ2v) is 8.24. The smallest absolute Gasteiger partial charge is 0.306 e. The van der Waals surface area contributed by atoms with Crippen molar-refractivity contribution in [1.29, 1.82) is 0 Å². The van der Waals surface area contributed by atoms with E-state index < -0.39 is 0 Å². The molecule has 0 aromatic heterocycles. The molecule has 4 nitrogen and oxygen atoms in total. The summed E-state index contributed by atoms with van der Waals surface area (Å²) >= 11 is 0. The fourth-order valence-corrected chi connectivity index (χ4v) is 3.62. The van der Waals surface area contributed by atoms with Gasteiger partial charge in [0.1, 0.15) is 6.61 Å². The SMILES string of the molecule is CCCCCCCCCCCCOC(=O)CCC(=O)OCc1ccc2ccccc2c1. The molecule has 0 unspecified atom stereocenters. The maximum Gasteiger partial charge on any atom is 0.306 e. The van der Waals surface area contributed by atoms with Crippen LogP contribution in [0.15, 0.2) is 42.5 Å². The van der Waals surface area contributed by atoms with Crippen molar-refractivity contribution in [2.75, 3.05) is 6.61 Å². The maximum atomic E-state index is 11.9. The standard InChI is InChI=1S/C27H38O4/c1-2-3-4-5-6-7-8-9-10-13-20-30-26(28)18-19-27(29)31-22-23-16-17-24-14-11-12-15-25(24)21-23/h11-12,14-17,21H,2-10,13,18-20,22H2,1H3. The predicted octanol–water partition coefficient (Wildman–Crippen LogP) is 7.13. The van der Waals surface area contributed by atoms with Crippen LogP contribution >= 0.6 is 0 Å². The van der Waals surface area contributed by atoms with Crippen LogP contribution in [-0.4, -0.2) is 18.5 Å². The van der Waals surface area contributed by atoms with Crippen LogP contribution in [0.25, 0.3) is 10.8 Å². The van der Waals surface area contributed by atoms with Crippen LogP contribution in [0.1, 0.15) is 89.5 Å². The van der Waals surface area contributed by atoms with Crippen molar-refractivity contribution in [1.82, 2.24) is 0 Å². The van der Waals surface area contributed by atoms with Gasteiger partial charge in [0.05, 0.1) is 19.4 Å². The van der Waals surface area contributed by atoms with Gasteiger partial charge in [-0.1, -0.05) is 101 Å². The maximum absolute atomic E-state index is 11.9. The topological polar surface area (TPSA) is 52.6 Å². The number of esters is 2. The van der Waals surface area contributed by atoms with Crippen molar-refractivity contribution in [3.05, 3.63) is 48.0 Å². The predicted molar refractivity (Wildman–Crippen MR) is 126 cm³/mol. The number of carbonyl (C=O) groups is 2. The van der Waals surface area contributed by atoms with E-state index in [4.69, 9.17) is 9.47 Å². The molecular weight excluding hydrogens is 388 g/mol. The number of ether oxygens (including phenoxy) is 2. The first-order chi connectivity index (χ1) is 15.2. The van der Waals surface area contributed by atoms with Crippen LogP contribution < -0.4 is 0 Å². The Hall–Kier alpha value is -2.36. The van der Waals surface area contributed by atoms with Crippen molar-refractivity contribution in [3.63, 3.8) is 0 Å². The molecule has 0 atom stereocenters. The number of unbranched alkanes of at least 4 members (excludes halogenated alkanes) is 9. The molecule has 0 saturated carbocycles. The molecule has 0 spiro atoms. The molecule has 0 heterocycles. The van der Waals surface area contributed by atoms with Crippen molar-refractivity contribution >= 4 is 22.7 Å².